The molecule has 80 valence electrons. The zero-order valence-electron chi connectivity index (χ0n) is 8.77. The molecule has 0 saturated heterocycles. The van der Waals surface area contributed by atoms with Crippen LogP contribution >= 0.6 is 0 Å². The van der Waals surface area contributed by atoms with E-state index in [4.69, 9.17) is 10.5 Å². The number of carbonyl (C=O) groups is 1. The first-order valence-electron chi connectivity index (χ1n) is 5.18. The van der Waals surface area contributed by atoms with E-state index in [2.05, 4.69) is 0 Å². The minimum Gasteiger partial charge on any atom is -0.493 e. The maximum absolute atomic E-state index is 11.7. The van der Waals surface area contributed by atoms with Crippen LogP contribution in [-0.2, 0) is 11.2 Å². The van der Waals surface area contributed by atoms with E-state index in [0.717, 1.165) is 17.7 Å². The Morgan fingerprint density at radius 2 is 2.27 bits per heavy atom. The lowest BCUT2D eigenvalue weighted by Crippen LogP contribution is -2.38. The van der Waals surface area contributed by atoms with Gasteiger partial charge in [-0.25, -0.2) is 0 Å². The van der Waals surface area contributed by atoms with Crippen molar-refractivity contribution >= 4 is 5.78 Å². The first-order chi connectivity index (χ1) is 7.18. The summed E-state index contributed by atoms with van der Waals surface area (Å²) in [5.41, 5.74) is 6.68. The summed E-state index contributed by atoms with van der Waals surface area (Å²) in [7, 11) is 0. The van der Waals surface area contributed by atoms with Crippen LogP contribution in [0.2, 0.25) is 0 Å². The van der Waals surface area contributed by atoms with Gasteiger partial charge in [0.1, 0.15) is 5.75 Å². The number of hydrogen-bond acceptors (Lipinski definition) is 3. The second-order valence-corrected chi connectivity index (χ2v) is 4.01. The number of carbonyl (C=O) groups excluding carboxylic acids is 1. The Labute approximate surface area is 89.2 Å². The number of ether oxygens (including phenoxy) is 1. The fourth-order valence-electron chi connectivity index (χ4n) is 1.88. The molecule has 3 nitrogen and oxygen atoms in total. The highest BCUT2D eigenvalue weighted by Crippen LogP contribution is 2.27. The van der Waals surface area contributed by atoms with Crippen LogP contribution in [0, 0.1) is 5.92 Å². The predicted octanol–water partition coefficient (Wildman–Crippen LogP) is 1.15. The number of Topliss-reactive ketones (excluding diaryl/α,β-unsaturated/α-hetero) is 1. The van der Waals surface area contributed by atoms with Gasteiger partial charge in [0.15, 0.2) is 5.78 Å². The summed E-state index contributed by atoms with van der Waals surface area (Å²) in [5, 5.41) is 0. The molecule has 1 heterocycles. The average Bonchev–Trinajstić information content (AvgIpc) is 2.27. The molecule has 0 fully saturated rings. The Kier molecular flexibility index (Phi) is 2.73. The van der Waals surface area contributed by atoms with Gasteiger partial charge >= 0.3 is 0 Å². The van der Waals surface area contributed by atoms with Crippen LogP contribution in [0.1, 0.15) is 12.5 Å². The Hall–Kier alpha value is -1.35. The van der Waals surface area contributed by atoms with Crippen LogP contribution in [0.15, 0.2) is 24.3 Å². The third kappa shape index (κ3) is 2.02. The highest BCUT2D eigenvalue weighted by Gasteiger charge is 2.27. The molecule has 2 atom stereocenters. The zero-order chi connectivity index (χ0) is 10.8. The van der Waals surface area contributed by atoms with Crippen molar-refractivity contribution in [1.29, 1.82) is 0 Å². The van der Waals surface area contributed by atoms with Gasteiger partial charge in [-0.3, -0.25) is 4.79 Å². The first kappa shape index (κ1) is 10.2. The Balaban J connectivity index is 2.15. The SMILES string of the molecule is CC(N)C(=O)C1COc2ccccc2C1. The predicted molar refractivity (Wildman–Crippen MR) is 57.8 cm³/mol. The molecule has 15 heavy (non-hydrogen) atoms. The molecular formula is C12H15NO2. The molecule has 1 aromatic rings. The van der Waals surface area contributed by atoms with Crippen LogP contribution in [0.4, 0.5) is 0 Å². The molecule has 2 unspecified atom stereocenters. The molecule has 0 aromatic heterocycles. The molecule has 0 radical (unpaired) electrons. The van der Waals surface area contributed by atoms with E-state index in [0.29, 0.717) is 6.61 Å². The first-order valence-corrected chi connectivity index (χ1v) is 5.18. The molecule has 2 N–H and O–H groups in total. The lowest BCUT2D eigenvalue weighted by atomic mass is 9.90. The normalized spacial score (nSPS) is 21.3. The molecule has 1 aliphatic heterocycles. The maximum atomic E-state index is 11.7. The molecule has 3 heteroatoms. The van der Waals surface area contributed by atoms with Crippen molar-refractivity contribution in [2.24, 2.45) is 11.7 Å². The average molecular weight is 205 g/mol. The standard InChI is InChI=1S/C12H15NO2/c1-8(13)12(14)10-6-9-4-2-3-5-11(9)15-7-10/h2-5,8,10H,6-7,13H2,1H3. The summed E-state index contributed by atoms with van der Waals surface area (Å²) in [6.07, 6.45) is 0.747. The van der Waals surface area contributed by atoms with Crippen molar-refractivity contribution in [3.8, 4) is 5.75 Å². The summed E-state index contributed by atoms with van der Waals surface area (Å²) >= 11 is 0. The number of ketones is 1. The van der Waals surface area contributed by atoms with Crippen molar-refractivity contribution in [1.82, 2.24) is 0 Å². The lowest BCUT2D eigenvalue weighted by molar-refractivity contribution is -0.125. The van der Waals surface area contributed by atoms with Crippen LogP contribution in [-0.4, -0.2) is 18.4 Å². The van der Waals surface area contributed by atoms with Crippen LogP contribution in [0.5, 0.6) is 5.75 Å². The molecule has 1 aromatic carbocycles. The van der Waals surface area contributed by atoms with Crippen molar-refractivity contribution in [2.75, 3.05) is 6.61 Å². The molecule has 0 amide bonds. The van der Waals surface area contributed by atoms with E-state index in [1.807, 2.05) is 24.3 Å². The van der Waals surface area contributed by atoms with Crippen molar-refractivity contribution < 1.29 is 9.53 Å². The fourth-order valence-corrected chi connectivity index (χ4v) is 1.88. The minimum absolute atomic E-state index is 0.0834. The molecule has 1 aliphatic rings. The highest BCUT2D eigenvalue weighted by molar-refractivity contribution is 5.86. The molecule has 0 aliphatic carbocycles. The zero-order valence-corrected chi connectivity index (χ0v) is 8.77. The molecule has 0 saturated carbocycles. The number of benzene rings is 1. The number of hydrogen-bond donors (Lipinski definition) is 1. The number of nitrogens with two attached hydrogens (primary N) is 1. The fraction of sp³-hybridized carbons (Fsp3) is 0.417. The van der Waals surface area contributed by atoms with E-state index in [9.17, 15) is 4.79 Å². The van der Waals surface area contributed by atoms with Crippen molar-refractivity contribution in [3.63, 3.8) is 0 Å². The van der Waals surface area contributed by atoms with Gasteiger partial charge in [0, 0.05) is 0 Å². The third-order valence-corrected chi connectivity index (χ3v) is 2.73. The van der Waals surface area contributed by atoms with Gasteiger partial charge in [-0.2, -0.15) is 0 Å². The Bertz CT molecular complexity index is 374. The largest absolute Gasteiger partial charge is 0.493 e. The van der Waals surface area contributed by atoms with Crippen LogP contribution < -0.4 is 10.5 Å². The number of rotatable bonds is 2. The van der Waals surface area contributed by atoms with Crippen molar-refractivity contribution in [3.05, 3.63) is 29.8 Å². The van der Waals surface area contributed by atoms with Gasteiger partial charge in [-0.05, 0) is 25.0 Å². The topological polar surface area (TPSA) is 52.3 Å². The summed E-state index contributed by atoms with van der Waals surface area (Å²) in [4.78, 5) is 11.7. The Morgan fingerprint density at radius 1 is 1.53 bits per heavy atom. The van der Waals surface area contributed by atoms with Crippen LogP contribution in [0.25, 0.3) is 0 Å². The maximum Gasteiger partial charge on any atom is 0.156 e. The van der Waals surface area contributed by atoms with E-state index < -0.39 is 6.04 Å². The second kappa shape index (κ2) is 4.03. The molecule has 2 rings (SSSR count). The van der Waals surface area contributed by atoms with Gasteiger partial charge in [-0.15, -0.1) is 0 Å². The van der Waals surface area contributed by atoms with E-state index in [-0.39, 0.29) is 11.7 Å². The monoisotopic (exact) mass is 205 g/mol. The molecule has 0 spiro atoms. The van der Waals surface area contributed by atoms with E-state index >= 15 is 0 Å². The second-order valence-electron chi connectivity index (χ2n) is 4.01. The van der Waals surface area contributed by atoms with Gasteiger partial charge < -0.3 is 10.5 Å². The smallest absolute Gasteiger partial charge is 0.156 e. The summed E-state index contributed by atoms with van der Waals surface area (Å²) < 4.78 is 5.53. The number of fused-ring (bicyclic) bond motifs is 1. The summed E-state index contributed by atoms with van der Waals surface area (Å²) in [5.74, 6) is 0.899. The summed E-state index contributed by atoms with van der Waals surface area (Å²) in [6.45, 7) is 2.18. The van der Waals surface area contributed by atoms with E-state index in [1.54, 1.807) is 6.92 Å². The quantitative estimate of drug-likeness (QED) is 0.788. The van der Waals surface area contributed by atoms with Crippen LogP contribution in [0.3, 0.4) is 0 Å². The molecule has 0 bridgehead atoms. The van der Waals surface area contributed by atoms with Gasteiger partial charge in [0.2, 0.25) is 0 Å². The van der Waals surface area contributed by atoms with Crippen molar-refractivity contribution in [2.45, 2.75) is 19.4 Å². The van der Waals surface area contributed by atoms with Gasteiger partial charge in [-0.1, -0.05) is 18.2 Å². The third-order valence-electron chi connectivity index (χ3n) is 2.73. The number of para-hydroxylation sites is 1. The highest BCUT2D eigenvalue weighted by atomic mass is 16.5. The van der Waals surface area contributed by atoms with Gasteiger partial charge in [0.05, 0.1) is 18.6 Å². The lowest BCUT2D eigenvalue weighted by Gasteiger charge is -2.25. The summed E-state index contributed by atoms with van der Waals surface area (Å²) in [6, 6.07) is 7.43. The van der Waals surface area contributed by atoms with Gasteiger partial charge in [0.25, 0.3) is 0 Å². The molecular weight excluding hydrogens is 190 g/mol. The minimum atomic E-state index is -0.399. The van der Waals surface area contributed by atoms with E-state index in [1.165, 1.54) is 0 Å². The Morgan fingerprint density at radius 3 is 3.00 bits per heavy atom.